The molecule has 0 amide bonds. The Hall–Kier alpha value is -2.26. The van der Waals surface area contributed by atoms with Crippen molar-refractivity contribution in [2.45, 2.75) is 26.8 Å². The summed E-state index contributed by atoms with van der Waals surface area (Å²) in [6, 6.07) is 1.75. The maximum absolute atomic E-state index is 13.3. The van der Waals surface area contributed by atoms with Gasteiger partial charge in [-0.05, 0) is 25.0 Å². The van der Waals surface area contributed by atoms with Gasteiger partial charge in [0, 0.05) is 50.3 Å². The minimum atomic E-state index is -0.116. The van der Waals surface area contributed by atoms with Gasteiger partial charge in [-0.1, -0.05) is 6.92 Å². The Balaban J connectivity index is 1.73. The number of thiazole rings is 1. The predicted octanol–water partition coefficient (Wildman–Crippen LogP) is 2.60. The first-order valence-electron chi connectivity index (χ1n) is 10.3. The molecule has 30 heavy (non-hydrogen) atoms. The fraction of sp³-hybridized carbons (Fsp3) is 0.455. The Bertz CT molecular complexity index is 1100. The molecule has 0 atom stereocenters. The molecule has 0 radical (unpaired) electrons. The van der Waals surface area contributed by atoms with Gasteiger partial charge >= 0.3 is 0 Å². The fourth-order valence-electron chi connectivity index (χ4n) is 3.97. The van der Waals surface area contributed by atoms with Crippen LogP contribution in [0.1, 0.15) is 23.7 Å². The smallest absolute Gasteiger partial charge is 0.202 e. The number of phenols is 1. The average Bonchev–Trinajstić information content (AvgIpc) is 3.17. The van der Waals surface area contributed by atoms with Crippen molar-refractivity contribution in [3.63, 3.8) is 0 Å². The Kier molecular flexibility index (Phi) is 6.19. The van der Waals surface area contributed by atoms with Crippen LogP contribution in [0.2, 0.25) is 0 Å². The summed E-state index contributed by atoms with van der Waals surface area (Å²) in [4.78, 5) is 22.2. The molecule has 3 heterocycles. The molecule has 1 saturated heterocycles. The Morgan fingerprint density at radius 1 is 1.23 bits per heavy atom. The highest BCUT2D eigenvalue weighted by molar-refractivity contribution is 7.13. The van der Waals surface area contributed by atoms with E-state index >= 15 is 0 Å². The third-order valence-electron chi connectivity index (χ3n) is 5.70. The summed E-state index contributed by atoms with van der Waals surface area (Å²) in [6.45, 7) is 8.62. The van der Waals surface area contributed by atoms with E-state index in [0.29, 0.717) is 46.6 Å². The number of aromatic nitrogens is 1. The molecule has 0 bridgehead atoms. The molecule has 1 aromatic carbocycles. The van der Waals surface area contributed by atoms with Gasteiger partial charge in [0.05, 0.1) is 23.1 Å². The highest BCUT2D eigenvalue weighted by atomic mass is 32.1. The standard InChI is InChI=1S/C22H27N3O4S/c1-3-15-10-16-20(28)18(22-23-14(2)13-30-22)12-29-21(16)17(19(15)27)11-25-6-4-24(5-7-25)8-9-26/h10,12-13,26-27H,3-9,11H2,1-2H3. The number of nitrogens with zero attached hydrogens (tertiary/aromatic N) is 3. The van der Waals surface area contributed by atoms with Gasteiger partial charge in [0.1, 0.15) is 22.6 Å². The zero-order valence-corrected chi connectivity index (χ0v) is 18.2. The minimum absolute atomic E-state index is 0.116. The fourth-order valence-corrected chi connectivity index (χ4v) is 4.77. The van der Waals surface area contributed by atoms with Gasteiger partial charge < -0.3 is 14.6 Å². The summed E-state index contributed by atoms with van der Waals surface area (Å²) >= 11 is 1.42. The van der Waals surface area contributed by atoms with E-state index in [4.69, 9.17) is 9.52 Å². The van der Waals surface area contributed by atoms with E-state index in [1.807, 2.05) is 19.2 Å². The molecule has 0 saturated carbocycles. The highest BCUT2D eigenvalue weighted by Gasteiger charge is 2.23. The number of fused-ring (bicyclic) bond motifs is 1. The van der Waals surface area contributed by atoms with E-state index in [2.05, 4.69) is 14.8 Å². The van der Waals surface area contributed by atoms with Crippen molar-refractivity contribution in [2.24, 2.45) is 0 Å². The number of hydrogen-bond donors (Lipinski definition) is 2. The van der Waals surface area contributed by atoms with E-state index in [9.17, 15) is 9.90 Å². The van der Waals surface area contributed by atoms with Gasteiger partial charge in [0.25, 0.3) is 0 Å². The number of aliphatic hydroxyl groups is 1. The first-order valence-corrected chi connectivity index (χ1v) is 11.2. The topological polar surface area (TPSA) is 90.0 Å². The number of piperazine rings is 1. The van der Waals surface area contributed by atoms with Gasteiger partial charge in [-0.15, -0.1) is 11.3 Å². The van der Waals surface area contributed by atoms with Crippen LogP contribution < -0.4 is 5.43 Å². The first-order chi connectivity index (χ1) is 14.5. The van der Waals surface area contributed by atoms with Crippen LogP contribution in [0.4, 0.5) is 0 Å². The van der Waals surface area contributed by atoms with Crippen LogP contribution in [0.25, 0.3) is 21.5 Å². The maximum atomic E-state index is 13.3. The number of rotatable bonds is 6. The molecule has 1 fully saturated rings. The third kappa shape index (κ3) is 4.00. The quantitative estimate of drug-likeness (QED) is 0.622. The number of phenolic OH excluding ortho intramolecular Hbond substituents is 1. The van der Waals surface area contributed by atoms with Crippen LogP contribution in [0.3, 0.4) is 0 Å². The summed E-state index contributed by atoms with van der Waals surface area (Å²) in [7, 11) is 0. The molecule has 8 heteroatoms. The van der Waals surface area contributed by atoms with E-state index in [-0.39, 0.29) is 17.8 Å². The van der Waals surface area contributed by atoms with Crippen molar-refractivity contribution in [1.29, 1.82) is 0 Å². The van der Waals surface area contributed by atoms with E-state index < -0.39 is 0 Å². The SMILES string of the molecule is CCc1cc2c(=O)c(-c3nc(C)cs3)coc2c(CN2CCN(CCO)CC2)c1O. The molecule has 0 unspecified atom stereocenters. The Morgan fingerprint density at radius 3 is 2.60 bits per heavy atom. The van der Waals surface area contributed by atoms with Crippen molar-refractivity contribution >= 4 is 22.3 Å². The molecule has 7 nitrogen and oxygen atoms in total. The number of aromatic hydroxyl groups is 1. The zero-order chi connectivity index (χ0) is 21.3. The molecule has 3 aromatic rings. The molecule has 160 valence electrons. The monoisotopic (exact) mass is 429 g/mol. The maximum Gasteiger partial charge on any atom is 0.202 e. The van der Waals surface area contributed by atoms with Crippen LogP contribution >= 0.6 is 11.3 Å². The molecule has 1 aliphatic rings. The molecule has 2 aromatic heterocycles. The van der Waals surface area contributed by atoms with Gasteiger partial charge in [0.15, 0.2) is 0 Å². The second-order valence-corrected chi connectivity index (χ2v) is 8.57. The lowest BCUT2D eigenvalue weighted by atomic mass is 10.0. The van der Waals surface area contributed by atoms with Crippen molar-refractivity contribution in [2.75, 3.05) is 39.3 Å². The van der Waals surface area contributed by atoms with Gasteiger partial charge in [-0.2, -0.15) is 0 Å². The van der Waals surface area contributed by atoms with E-state index in [1.54, 1.807) is 6.07 Å². The molecule has 4 rings (SSSR count). The molecule has 0 spiro atoms. The first kappa shape index (κ1) is 21.0. The molecular formula is C22H27N3O4S. The molecule has 1 aliphatic heterocycles. The molecular weight excluding hydrogens is 402 g/mol. The number of aliphatic hydroxyl groups excluding tert-OH is 1. The Morgan fingerprint density at radius 2 is 1.97 bits per heavy atom. The average molecular weight is 430 g/mol. The lowest BCUT2D eigenvalue weighted by Crippen LogP contribution is -2.46. The van der Waals surface area contributed by atoms with Gasteiger partial charge in [0.2, 0.25) is 5.43 Å². The second-order valence-electron chi connectivity index (χ2n) is 7.71. The summed E-state index contributed by atoms with van der Waals surface area (Å²) in [5, 5.41) is 23.1. The lowest BCUT2D eigenvalue weighted by Gasteiger charge is -2.34. The third-order valence-corrected chi connectivity index (χ3v) is 6.70. The van der Waals surface area contributed by atoms with Gasteiger partial charge in [-0.3, -0.25) is 14.6 Å². The van der Waals surface area contributed by atoms with Crippen LogP contribution in [-0.2, 0) is 13.0 Å². The zero-order valence-electron chi connectivity index (χ0n) is 17.3. The van der Waals surface area contributed by atoms with Crippen LogP contribution in [0.5, 0.6) is 5.75 Å². The summed E-state index contributed by atoms with van der Waals surface area (Å²) in [5.74, 6) is 0.212. The van der Waals surface area contributed by atoms with Crippen molar-refractivity contribution in [3.8, 4) is 16.3 Å². The highest BCUT2D eigenvalue weighted by Crippen LogP contribution is 2.33. The van der Waals surface area contributed by atoms with E-state index in [1.165, 1.54) is 17.6 Å². The van der Waals surface area contributed by atoms with Gasteiger partial charge in [-0.25, -0.2) is 4.98 Å². The summed E-state index contributed by atoms with van der Waals surface area (Å²) in [6.07, 6.45) is 2.09. The number of benzene rings is 1. The number of aryl methyl sites for hydroxylation is 2. The van der Waals surface area contributed by atoms with Crippen molar-refractivity contribution < 1.29 is 14.6 Å². The molecule has 2 N–H and O–H groups in total. The number of hydrogen-bond acceptors (Lipinski definition) is 8. The predicted molar refractivity (Wildman–Crippen MR) is 118 cm³/mol. The minimum Gasteiger partial charge on any atom is -0.507 e. The summed E-state index contributed by atoms with van der Waals surface area (Å²) < 4.78 is 5.94. The largest absolute Gasteiger partial charge is 0.507 e. The van der Waals surface area contributed by atoms with Crippen LogP contribution in [-0.4, -0.2) is 64.3 Å². The second kappa shape index (κ2) is 8.85. The van der Waals surface area contributed by atoms with Crippen molar-refractivity contribution in [1.82, 2.24) is 14.8 Å². The number of β-amino-alcohol motifs (C(OH)–C–C–N with tert-alkyl or cyclic N) is 1. The summed E-state index contributed by atoms with van der Waals surface area (Å²) in [5.41, 5.74) is 3.07. The van der Waals surface area contributed by atoms with Crippen LogP contribution in [0.15, 0.2) is 26.9 Å². The normalized spacial score (nSPS) is 15.8. The van der Waals surface area contributed by atoms with Crippen molar-refractivity contribution in [3.05, 3.63) is 44.8 Å². The Labute approximate surface area is 179 Å². The lowest BCUT2D eigenvalue weighted by molar-refractivity contribution is 0.108. The van der Waals surface area contributed by atoms with Crippen LogP contribution in [0, 0.1) is 6.92 Å². The van der Waals surface area contributed by atoms with E-state index in [0.717, 1.165) is 37.4 Å². The molecule has 0 aliphatic carbocycles.